The van der Waals surface area contributed by atoms with Crippen molar-refractivity contribution in [1.29, 1.82) is 0 Å². The molecule has 1 heterocycles. The molecule has 188 valence electrons. The smallest absolute Gasteiger partial charge is 0.119 e. The summed E-state index contributed by atoms with van der Waals surface area (Å²) in [5.41, 5.74) is 7.81. The fraction of sp³-hybridized carbons (Fsp3) is 0.235. The van der Waals surface area contributed by atoms with E-state index in [4.69, 9.17) is 9.47 Å². The van der Waals surface area contributed by atoms with Gasteiger partial charge in [-0.1, -0.05) is 109 Å². The van der Waals surface area contributed by atoms with Crippen molar-refractivity contribution >= 4 is 5.57 Å². The average molecular weight is 490 g/mol. The van der Waals surface area contributed by atoms with E-state index < -0.39 is 0 Å². The van der Waals surface area contributed by atoms with E-state index in [1.54, 1.807) is 0 Å². The zero-order valence-electron chi connectivity index (χ0n) is 21.4. The van der Waals surface area contributed by atoms with Crippen molar-refractivity contribution in [3.63, 3.8) is 0 Å². The van der Waals surface area contributed by atoms with Crippen LogP contribution in [0.2, 0.25) is 0 Å². The number of morpholine rings is 1. The maximum absolute atomic E-state index is 6.10. The first-order valence-corrected chi connectivity index (χ1v) is 13.2. The molecule has 4 aromatic carbocycles. The third kappa shape index (κ3) is 7.19. The van der Waals surface area contributed by atoms with E-state index in [-0.39, 0.29) is 0 Å². The van der Waals surface area contributed by atoms with Crippen LogP contribution >= 0.6 is 0 Å². The Hall–Kier alpha value is -3.66. The summed E-state index contributed by atoms with van der Waals surface area (Å²) in [7, 11) is 0. The van der Waals surface area contributed by atoms with Crippen LogP contribution in [0.25, 0.3) is 5.57 Å². The molecule has 0 saturated carbocycles. The quantitative estimate of drug-likeness (QED) is 0.248. The van der Waals surface area contributed by atoms with Gasteiger partial charge < -0.3 is 9.47 Å². The highest BCUT2D eigenvalue weighted by molar-refractivity contribution is 5.83. The molecule has 1 aliphatic rings. The van der Waals surface area contributed by atoms with E-state index in [1.807, 2.05) is 0 Å². The molecule has 0 N–H and O–H groups in total. The Bertz CT molecular complexity index is 1200. The first-order chi connectivity index (χ1) is 18.3. The van der Waals surface area contributed by atoms with Crippen molar-refractivity contribution < 1.29 is 9.47 Å². The van der Waals surface area contributed by atoms with Gasteiger partial charge in [0.05, 0.1) is 13.2 Å². The summed E-state index contributed by atoms with van der Waals surface area (Å²) in [5.74, 6) is 0.914. The van der Waals surface area contributed by atoms with E-state index in [0.717, 1.165) is 51.4 Å². The van der Waals surface area contributed by atoms with Crippen LogP contribution < -0.4 is 4.74 Å². The fourth-order valence-electron chi connectivity index (χ4n) is 4.94. The molecule has 1 saturated heterocycles. The number of hydrogen-bond donors (Lipinski definition) is 0. The highest BCUT2D eigenvalue weighted by Crippen LogP contribution is 2.32. The van der Waals surface area contributed by atoms with Gasteiger partial charge in [0.15, 0.2) is 0 Å². The van der Waals surface area contributed by atoms with Gasteiger partial charge in [0.1, 0.15) is 12.4 Å². The van der Waals surface area contributed by atoms with Crippen LogP contribution in [0.5, 0.6) is 5.75 Å². The topological polar surface area (TPSA) is 21.7 Å². The molecule has 0 bridgehead atoms. The minimum Gasteiger partial charge on any atom is -0.492 e. The Kier molecular flexibility index (Phi) is 8.82. The minimum atomic E-state index is 0.688. The summed E-state index contributed by atoms with van der Waals surface area (Å²) in [6.45, 7) is 5.22. The lowest BCUT2D eigenvalue weighted by molar-refractivity contribution is 0.0322. The molecule has 5 rings (SSSR count). The van der Waals surface area contributed by atoms with Crippen LogP contribution in [0, 0.1) is 0 Å². The second-order valence-electron chi connectivity index (χ2n) is 9.50. The zero-order chi connectivity index (χ0) is 25.1. The molecule has 0 amide bonds. The lowest BCUT2D eigenvalue weighted by Gasteiger charge is -2.26. The van der Waals surface area contributed by atoms with Gasteiger partial charge in [-0.05, 0) is 52.8 Å². The van der Waals surface area contributed by atoms with Gasteiger partial charge in [0.2, 0.25) is 0 Å². The molecule has 0 radical (unpaired) electrons. The monoisotopic (exact) mass is 489 g/mol. The Morgan fingerprint density at radius 3 is 1.70 bits per heavy atom. The van der Waals surface area contributed by atoms with Crippen LogP contribution in [0.4, 0.5) is 0 Å². The number of rotatable bonds is 10. The molecule has 1 fully saturated rings. The largest absolute Gasteiger partial charge is 0.492 e. The Balaban J connectivity index is 1.44. The third-order valence-corrected chi connectivity index (χ3v) is 6.86. The number of hydrogen-bond acceptors (Lipinski definition) is 3. The summed E-state index contributed by atoms with van der Waals surface area (Å²) in [5, 5.41) is 0. The molecule has 3 heteroatoms. The third-order valence-electron chi connectivity index (χ3n) is 6.86. The molecule has 0 atom stereocenters. The van der Waals surface area contributed by atoms with Crippen molar-refractivity contribution in [1.82, 2.24) is 4.90 Å². The first kappa shape index (κ1) is 25.0. The number of allylic oxidation sites excluding steroid dienone is 1. The van der Waals surface area contributed by atoms with Gasteiger partial charge in [-0.25, -0.2) is 0 Å². The van der Waals surface area contributed by atoms with Crippen LogP contribution in [0.1, 0.15) is 22.3 Å². The van der Waals surface area contributed by atoms with E-state index in [1.165, 1.54) is 33.4 Å². The average Bonchev–Trinajstić information content (AvgIpc) is 2.96. The van der Waals surface area contributed by atoms with Gasteiger partial charge in [0.25, 0.3) is 0 Å². The van der Waals surface area contributed by atoms with Crippen LogP contribution in [-0.2, 0) is 17.6 Å². The molecule has 37 heavy (non-hydrogen) atoms. The maximum Gasteiger partial charge on any atom is 0.119 e. The summed E-state index contributed by atoms with van der Waals surface area (Å²) >= 11 is 0. The fourth-order valence-corrected chi connectivity index (χ4v) is 4.94. The maximum atomic E-state index is 6.10. The van der Waals surface area contributed by atoms with Crippen molar-refractivity contribution in [3.05, 3.63) is 143 Å². The summed E-state index contributed by atoms with van der Waals surface area (Å²) in [4.78, 5) is 2.40. The highest BCUT2D eigenvalue weighted by atomic mass is 16.5. The second kappa shape index (κ2) is 13.0. The van der Waals surface area contributed by atoms with Crippen LogP contribution in [-0.4, -0.2) is 44.4 Å². The second-order valence-corrected chi connectivity index (χ2v) is 9.50. The van der Waals surface area contributed by atoms with E-state index in [9.17, 15) is 0 Å². The first-order valence-electron chi connectivity index (χ1n) is 13.2. The molecule has 0 aliphatic carbocycles. The number of benzene rings is 4. The van der Waals surface area contributed by atoms with Gasteiger partial charge in [-0.2, -0.15) is 0 Å². The molecule has 0 spiro atoms. The summed E-state index contributed by atoms with van der Waals surface area (Å²) in [6, 6.07) is 41.0. The SMILES string of the molecule is c1ccc(CC(Cc2ccccc2)=C(c2ccccc2)c2ccc(OCCN3CCOCC3)cc2)cc1. The van der Waals surface area contributed by atoms with Crippen molar-refractivity contribution in [2.75, 3.05) is 39.5 Å². The molecule has 3 nitrogen and oxygen atoms in total. The number of ether oxygens (including phenoxy) is 2. The van der Waals surface area contributed by atoms with Crippen molar-refractivity contribution in [3.8, 4) is 5.75 Å². The molecule has 4 aromatic rings. The van der Waals surface area contributed by atoms with Crippen LogP contribution in [0.15, 0.2) is 121 Å². The normalized spacial score (nSPS) is 13.7. The van der Waals surface area contributed by atoms with Crippen molar-refractivity contribution in [2.24, 2.45) is 0 Å². The van der Waals surface area contributed by atoms with Gasteiger partial charge in [0, 0.05) is 19.6 Å². The lowest BCUT2D eigenvalue weighted by atomic mass is 9.87. The standard InChI is InChI=1S/C34H35NO2/c1-4-10-28(11-5-1)26-32(27-29-12-6-2-7-13-29)34(30-14-8-3-9-15-30)31-16-18-33(19-17-31)37-25-22-35-20-23-36-24-21-35/h1-19H,20-27H2. The number of nitrogens with zero attached hydrogens (tertiary/aromatic N) is 1. The Morgan fingerprint density at radius 1 is 0.622 bits per heavy atom. The van der Waals surface area contributed by atoms with E-state index in [2.05, 4.69) is 120 Å². The highest BCUT2D eigenvalue weighted by Gasteiger charge is 2.15. The van der Waals surface area contributed by atoms with E-state index in [0.29, 0.717) is 6.61 Å². The Morgan fingerprint density at radius 2 is 1.14 bits per heavy atom. The zero-order valence-corrected chi connectivity index (χ0v) is 21.4. The molecule has 1 aliphatic heterocycles. The predicted octanol–water partition coefficient (Wildman–Crippen LogP) is 6.68. The van der Waals surface area contributed by atoms with Gasteiger partial charge in [-0.15, -0.1) is 0 Å². The van der Waals surface area contributed by atoms with Gasteiger partial charge in [-0.3, -0.25) is 4.90 Å². The minimum absolute atomic E-state index is 0.688. The van der Waals surface area contributed by atoms with Crippen LogP contribution in [0.3, 0.4) is 0 Å². The summed E-state index contributed by atoms with van der Waals surface area (Å²) in [6.07, 6.45) is 1.80. The Labute approximate surface area is 221 Å². The molecule has 0 aromatic heterocycles. The molecular weight excluding hydrogens is 454 g/mol. The van der Waals surface area contributed by atoms with E-state index >= 15 is 0 Å². The molecular formula is C34H35NO2. The predicted molar refractivity (Wildman–Crippen MR) is 152 cm³/mol. The van der Waals surface area contributed by atoms with Crippen molar-refractivity contribution in [2.45, 2.75) is 12.8 Å². The summed E-state index contributed by atoms with van der Waals surface area (Å²) < 4.78 is 11.5. The molecule has 0 unspecified atom stereocenters. The lowest BCUT2D eigenvalue weighted by Crippen LogP contribution is -2.38. The van der Waals surface area contributed by atoms with Gasteiger partial charge >= 0.3 is 0 Å².